The van der Waals surface area contributed by atoms with Crippen molar-refractivity contribution in [3.63, 3.8) is 0 Å². The molecule has 0 atom stereocenters. The highest BCUT2D eigenvalue weighted by Crippen LogP contribution is 2.03. The second-order valence-corrected chi connectivity index (χ2v) is 3.76. The molecule has 0 saturated carbocycles. The van der Waals surface area contributed by atoms with Crippen molar-refractivity contribution in [2.45, 2.75) is 0 Å². The second kappa shape index (κ2) is 6.80. The van der Waals surface area contributed by atoms with E-state index in [-0.39, 0.29) is 0 Å². The number of para-hydroxylation sites is 1. The molecule has 1 rings (SSSR count). The first-order chi connectivity index (χ1) is 6.99. The highest BCUT2D eigenvalue weighted by Gasteiger charge is 1.87. The summed E-state index contributed by atoms with van der Waals surface area (Å²) in [4.78, 5) is 0. The summed E-state index contributed by atoms with van der Waals surface area (Å²) in [5, 5.41) is 3.44. The average molecular weight is 227 g/mol. The lowest BCUT2D eigenvalue weighted by atomic mass is 10.3. The quantitative estimate of drug-likeness (QED) is 0.777. The first-order valence-electron chi connectivity index (χ1n) is 4.02. The van der Waals surface area contributed by atoms with Crippen molar-refractivity contribution >= 4 is 15.8 Å². The monoisotopic (exact) mass is 227 g/mol. The van der Waals surface area contributed by atoms with Crippen molar-refractivity contribution in [1.82, 2.24) is 0 Å². The van der Waals surface area contributed by atoms with E-state index in [1.54, 1.807) is 6.20 Å². The molecule has 0 aromatic heterocycles. The number of rotatable bonds is 3. The summed E-state index contributed by atoms with van der Waals surface area (Å²) in [5.41, 5.74) is 1.08. The molecule has 0 fully saturated rings. The number of benzene rings is 1. The summed E-state index contributed by atoms with van der Waals surface area (Å²) < 4.78 is 26.6. The fourth-order valence-electron chi connectivity index (χ4n) is 0.652. The minimum atomic E-state index is -3.90. The normalized spacial score (nSPS) is 9.40. The van der Waals surface area contributed by atoms with Gasteiger partial charge in [0, 0.05) is 5.69 Å². The van der Waals surface area contributed by atoms with Crippen LogP contribution < -0.4 is 5.32 Å². The van der Waals surface area contributed by atoms with Crippen LogP contribution in [0.2, 0.25) is 0 Å². The minimum Gasteiger partial charge on any atom is -0.362 e. The van der Waals surface area contributed by atoms with Gasteiger partial charge in [0.15, 0.2) is 0 Å². The predicted molar refractivity (Wildman–Crippen MR) is 62.0 cm³/mol. The molecule has 0 amide bonds. The molecule has 4 nitrogen and oxygen atoms in total. The van der Waals surface area contributed by atoms with Gasteiger partial charge in [-0.05, 0) is 18.3 Å². The number of hydrogen-bond acceptors (Lipinski definition) is 3. The fraction of sp³-hybridized carbons (Fsp3) is 0. The third kappa shape index (κ3) is 8.73. The van der Waals surface area contributed by atoms with Crippen molar-refractivity contribution in [2.75, 3.05) is 5.32 Å². The van der Waals surface area contributed by atoms with Crippen molar-refractivity contribution < 1.29 is 13.0 Å². The van der Waals surface area contributed by atoms with Crippen LogP contribution in [0, 0.1) is 0 Å². The van der Waals surface area contributed by atoms with Gasteiger partial charge in [0.05, 0.1) is 5.41 Å². The van der Waals surface area contributed by atoms with E-state index >= 15 is 0 Å². The van der Waals surface area contributed by atoms with Crippen LogP contribution in [0.1, 0.15) is 0 Å². The third-order valence-electron chi connectivity index (χ3n) is 1.25. The first kappa shape index (κ1) is 13.4. The maximum atomic E-state index is 9.44. The van der Waals surface area contributed by atoms with Crippen LogP contribution in [-0.4, -0.2) is 13.0 Å². The SMILES string of the molecule is C=CNc1ccccc1.C=CS(=O)(=O)O. The Kier molecular flexibility index (Phi) is 6.08. The Balaban J connectivity index is 0.000000288. The summed E-state index contributed by atoms with van der Waals surface area (Å²) in [6.45, 7) is 6.34. The lowest BCUT2D eigenvalue weighted by Gasteiger charge is -1.95. The minimum absolute atomic E-state index is 0.465. The molecule has 15 heavy (non-hydrogen) atoms. The molecule has 0 radical (unpaired) electrons. The van der Waals surface area contributed by atoms with Crippen LogP contribution in [0.15, 0.2) is 55.1 Å². The number of hydrogen-bond donors (Lipinski definition) is 2. The van der Waals surface area contributed by atoms with Gasteiger partial charge < -0.3 is 5.32 Å². The van der Waals surface area contributed by atoms with Crippen LogP contribution in [0.4, 0.5) is 5.69 Å². The first-order valence-corrected chi connectivity index (χ1v) is 5.52. The van der Waals surface area contributed by atoms with Crippen LogP contribution in [-0.2, 0) is 10.1 Å². The maximum Gasteiger partial charge on any atom is 0.287 e. The molecule has 5 heteroatoms. The average Bonchev–Trinajstić information content (AvgIpc) is 2.20. The largest absolute Gasteiger partial charge is 0.362 e. The zero-order valence-electron chi connectivity index (χ0n) is 8.13. The van der Waals surface area contributed by atoms with E-state index < -0.39 is 10.1 Å². The van der Waals surface area contributed by atoms with Gasteiger partial charge in [0.25, 0.3) is 10.1 Å². The Morgan fingerprint density at radius 3 is 2.00 bits per heavy atom. The van der Waals surface area contributed by atoms with Crippen molar-refractivity contribution in [1.29, 1.82) is 0 Å². The molecule has 0 aliphatic heterocycles. The highest BCUT2D eigenvalue weighted by molar-refractivity contribution is 7.88. The summed E-state index contributed by atoms with van der Waals surface area (Å²) >= 11 is 0. The Morgan fingerprint density at radius 1 is 1.20 bits per heavy atom. The molecule has 0 aliphatic rings. The van der Waals surface area contributed by atoms with Gasteiger partial charge in [-0.25, -0.2) is 0 Å². The van der Waals surface area contributed by atoms with Gasteiger partial charge in [-0.1, -0.05) is 31.4 Å². The Bertz CT molecular complexity index is 386. The standard InChI is InChI=1S/C8H9N.C2H4O3S/c1-2-9-8-6-4-3-5-7-8;1-2-6(3,4)5/h2-7,9H,1H2;2H,1H2,(H,3,4,5). The van der Waals surface area contributed by atoms with E-state index in [0.717, 1.165) is 5.69 Å². The lowest BCUT2D eigenvalue weighted by Crippen LogP contribution is -1.86. The van der Waals surface area contributed by atoms with E-state index in [4.69, 9.17) is 4.55 Å². The van der Waals surface area contributed by atoms with Gasteiger partial charge in [0.1, 0.15) is 0 Å². The van der Waals surface area contributed by atoms with Crippen LogP contribution in [0.25, 0.3) is 0 Å². The molecule has 82 valence electrons. The van der Waals surface area contributed by atoms with E-state index in [2.05, 4.69) is 18.5 Å². The van der Waals surface area contributed by atoms with E-state index in [0.29, 0.717) is 5.41 Å². The molecule has 1 aromatic rings. The summed E-state index contributed by atoms with van der Waals surface area (Å²) in [7, 11) is -3.90. The van der Waals surface area contributed by atoms with Gasteiger partial charge >= 0.3 is 0 Å². The topological polar surface area (TPSA) is 66.4 Å². The molecule has 0 aliphatic carbocycles. The maximum absolute atomic E-state index is 9.44. The van der Waals surface area contributed by atoms with Crippen LogP contribution in [0.3, 0.4) is 0 Å². The number of anilines is 1. The molecule has 0 bridgehead atoms. The lowest BCUT2D eigenvalue weighted by molar-refractivity contribution is 0.494. The van der Waals surface area contributed by atoms with Crippen LogP contribution in [0.5, 0.6) is 0 Å². The highest BCUT2D eigenvalue weighted by atomic mass is 32.2. The summed E-state index contributed by atoms with van der Waals surface area (Å²) in [5.74, 6) is 0. The zero-order valence-corrected chi connectivity index (χ0v) is 8.94. The molecule has 1 aromatic carbocycles. The molecular weight excluding hydrogens is 214 g/mol. The van der Waals surface area contributed by atoms with E-state index in [1.807, 2.05) is 30.3 Å². The number of nitrogens with one attached hydrogen (secondary N) is 1. The van der Waals surface area contributed by atoms with Gasteiger partial charge in [0.2, 0.25) is 0 Å². The van der Waals surface area contributed by atoms with Gasteiger partial charge in [-0.15, -0.1) is 0 Å². The van der Waals surface area contributed by atoms with E-state index in [1.165, 1.54) is 0 Å². The summed E-state index contributed by atoms with van der Waals surface area (Å²) in [6.07, 6.45) is 1.66. The molecule has 0 saturated heterocycles. The van der Waals surface area contributed by atoms with Crippen molar-refractivity contribution in [2.24, 2.45) is 0 Å². The zero-order chi connectivity index (χ0) is 11.7. The Hall–Kier alpha value is -1.59. The van der Waals surface area contributed by atoms with Gasteiger partial charge in [-0.3, -0.25) is 4.55 Å². The molecule has 0 unspecified atom stereocenters. The molecular formula is C10H13NO3S. The fourth-order valence-corrected chi connectivity index (χ4v) is 0.652. The van der Waals surface area contributed by atoms with Crippen molar-refractivity contribution in [3.05, 3.63) is 55.1 Å². The van der Waals surface area contributed by atoms with Crippen molar-refractivity contribution in [3.8, 4) is 0 Å². The molecule has 0 spiro atoms. The Morgan fingerprint density at radius 2 is 1.67 bits per heavy atom. The second-order valence-electron chi connectivity index (χ2n) is 2.40. The Labute approximate surface area is 89.7 Å². The molecule has 2 N–H and O–H groups in total. The van der Waals surface area contributed by atoms with E-state index in [9.17, 15) is 8.42 Å². The predicted octanol–water partition coefficient (Wildman–Crippen LogP) is 2.26. The smallest absolute Gasteiger partial charge is 0.287 e. The summed E-state index contributed by atoms with van der Waals surface area (Å²) in [6, 6.07) is 9.91. The molecule has 0 heterocycles. The van der Waals surface area contributed by atoms with Crippen LogP contribution >= 0.6 is 0 Å². The van der Waals surface area contributed by atoms with Gasteiger partial charge in [-0.2, -0.15) is 8.42 Å². The third-order valence-corrected chi connectivity index (χ3v) is 1.67.